The van der Waals surface area contributed by atoms with Gasteiger partial charge < -0.3 is 16.0 Å². The molecule has 0 aliphatic rings. The van der Waals surface area contributed by atoms with Crippen molar-refractivity contribution in [2.24, 2.45) is 0 Å². The monoisotopic (exact) mass is 324 g/mol. The molecule has 0 spiro atoms. The van der Waals surface area contributed by atoms with Gasteiger partial charge in [-0.25, -0.2) is 4.79 Å². The molecule has 1 amide bonds. The highest BCUT2D eigenvalue weighted by Crippen LogP contribution is 2.08. The zero-order chi connectivity index (χ0) is 15.4. The second kappa shape index (κ2) is 7.46. The summed E-state index contributed by atoms with van der Waals surface area (Å²) in [7, 11) is 0. The molecule has 1 aromatic heterocycles. The van der Waals surface area contributed by atoms with Crippen LogP contribution in [-0.4, -0.2) is 21.9 Å². The van der Waals surface area contributed by atoms with Crippen molar-refractivity contribution in [3.05, 3.63) is 62.4 Å². The number of aromatic nitrogens is 2. The van der Waals surface area contributed by atoms with Crippen molar-refractivity contribution in [2.45, 2.75) is 19.4 Å². The summed E-state index contributed by atoms with van der Waals surface area (Å²) in [6.45, 7) is 1.83. The van der Waals surface area contributed by atoms with Crippen molar-refractivity contribution in [2.75, 3.05) is 5.73 Å². The fourth-order valence-electron chi connectivity index (χ4n) is 1.95. The van der Waals surface area contributed by atoms with E-state index in [1.165, 1.54) is 0 Å². The first-order chi connectivity index (χ1) is 9.94. The second-order valence-electron chi connectivity index (χ2n) is 4.82. The van der Waals surface area contributed by atoms with Crippen LogP contribution in [0.15, 0.2) is 39.9 Å². The van der Waals surface area contributed by atoms with Crippen molar-refractivity contribution in [3.63, 3.8) is 0 Å². The normalized spacial score (nSPS) is 11.3. The smallest absolute Gasteiger partial charge is 0.326 e. The van der Waals surface area contributed by atoms with Crippen LogP contribution >= 0.6 is 12.4 Å². The number of halogens is 1. The van der Waals surface area contributed by atoms with Crippen LogP contribution in [-0.2, 0) is 6.42 Å². The van der Waals surface area contributed by atoms with Crippen LogP contribution in [0.5, 0.6) is 0 Å². The minimum atomic E-state index is -0.709. The number of anilines is 1. The molecule has 1 aromatic carbocycles. The van der Waals surface area contributed by atoms with Crippen LogP contribution in [0.2, 0.25) is 0 Å². The molecule has 0 saturated carbocycles. The van der Waals surface area contributed by atoms with E-state index < -0.39 is 17.2 Å². The molecule has 2 aromatic rings. The minimum absolute atomic E-state index is 0. The summed E-state index contributed by atoms with van der Waals surface area (Å²) in [4.78, 5) is 38.5. The number of benzene rings is 1. The van der Waals surface area contributed by atoms with Gasteiger partial charge in [-0.2, -0.15) is 0 Å². The molecule has 5 N–H and O–H groups in total. The molecule has 1 atom stereocenters. The highest BCUT2D eigenvalue weighted by molar-refractivity contribution is 5.92. The zero-order valence-electron chi connectivity index (χ0n) is 11.9. The number of rotatable bonds is 4. The molecule has 1 heterocycles. The van der Waals surface area contributed by atoms with Gasteiger partial charge in [0, 0.05) is 17.8 Å². The van der Waals surface area contributed by atoms with Crippen LogP contribution in [0.1, 0.15) is 23.0 Å². The van der Waals surface area contributed by atoms with Gasteiger partial charge in [0.1, 0.15) is 5.69 Å². The Kier molecular flexibility index (Phi) is 5.94. The van der Waals surface area contributed by atoms with Gasteiger partial charge >= 0.3 is 5.69 Å². The lowest BCUT2D eigenvalue weighted by Gasteiger charge is -2.13. The predicted molar refractivity (Wildman–Crippen MR) is 86.4 cm³/mol. The van der Waals surface area contributed by atoms with Gasteiger partial charge in [-0.1, -0.05) is 12.1 Å². The van der Waals surface area contributed by atoms with Crippen molar-refractivity contribution >= 4 is 24.0 Å². The Morgan fingerprint density at radius 1 is 1.23 bits per heavy atom. The van der Waals surface area contributed by atoms with Gasteiger partial charge in [0.05, 0.1) is 0 Å². The molecule has 0 fully saturated rings. The maximum absolute atomic E-state index is 11.9. The van der Waals surface area contributed by atoms with Gasteiger partial charge in [0.25, 0.3) is 11.5 Å². The van der Waals surface area contributed by atoms with E-state index in [1.54, 1.807) is 12.1 Å². The Bertz CT molecular complexity index is 723. The molecular weight excluding hydrogens is 308 g/mol. The third-order valence-corrected chi connectivity index (χ3v) is 2.90. The first-order valence-electron chi connectivity index (χ1n) is 6.43. The quantitative estimate of drug-likeness (QED) is 0.609. The number of nitrogens with two attached hydrogens (primary N) is 1. The maximum atomic E-state index is 11.9. The van der Waals surface area contributed by atoms with Crippen molar-refractivity contribution in [1.29, 1.82) is 0 Å². The minimum Gasteiger partial charge on any atom is -0.399 e. The molecular formula is C14H17ClN4O3. The van der Waals surface area contributed by atoms with Gasteiger partial charge in [-0.3, -0.25) is 14.6 Å². The SMILES string of the molecule is CC(Cc1ccc(N)cc1)NC(=O)c1cc(=O)[nH]c(=O)[nH]1.Cl. The zero-order valence-corrected chi connectivity index (χ0v) is 12.7. The van der Waals surface area contributed by atoms with E-state index in [-0.39, 0.29) is 24.1 Å². The number of H-pyrrole nitrogens is 2. The number of nitrogens with one attached hydrogen (secondary N) is 3. The van der Waals surface area contributed by atoms with Crippen LogP contribution in [0, 0.1) is 0 Å². The largest absolute Gasteiger partial charge is 0.399 e. The lowest BCUT2D eigenvalue weighted by molar-refractivity contribution is 0.0934. The van der Waals surface area contributed by atoms with E-state index in [2.05, 4.69) is 10.3 Å². The Balaban J connectivity index is 0.00000242. The lowest BCUT2D eigenvalue weighted by Crippen LogP contribution is -2.37. The van der Waals surface area contributed by atoms with E-state index in [0.29, 0.717) is 12.1 Å². The summed E-state index contributed by atoms with van der Waals surface area (Å²) in [5.74, 6) is -0.499. The molecule has 0 aliphatic carbocycles. The number of amides is 1. The van der Waals surface area contributed by atoms with Crippen LogP contribution in [0.4, 0.5) is 5.69 Å². The maximum Gasteiger partial charge on any atom is 0.326 e. The van der Waals surface area contributed by atoms with E-state index in [9.17, 15) is 14.4 Å². The van der Waals surface area contributed by atoms with Gasteiger partial charge in [-0.05, 0) is 31.0 Å². The summed E-state index contributed by atoms with van der Waals surface area (Å²) < 4.78 is 0. The summed E-state index contributed by atoms with van der Waals surface area (Å²) in [6, 6.07) is 8.23. The number of hydrogen-bond acceptors (Lipinski definition) is 4. The van der Waals surface area contributed by atoms with E-state index in [0.717, 1.165) is 11.6 Å². The number of carbonyl (C=O) groups excluding carboxylic acids is 1. The van der Waals surface area contributed by atoms with Crippen molar-refractivity contribution in [3.8, 4) is 0 Å². The lowest BCUT2D eigenvalue weighted by atomic mass is 10.1. The first kappa shape index (κ1) is 17.5. The fourth-order valence-corrected chi connectivity index (χ4v) is 1.95. The van der Waals surface area contributed by atoms with Gasteiger partial charge in [0.2, 0.25) is 0 Å². The molecule has 0 saturated heterocycles. The number of hydrogen-bond donors (Lipinski definition) is 4. The molecule has 1 unspecified atom stereocenters. The van der Waals surface area contributed by atoms with Gasteiger partial charge in [0.15, 0.2) is 0 Å². The molecule has 2 rings (SSSR count). The fraction of sp³-hybridized carbons (Fsp3) is 0.214. The highest BCUT2D eigenvalue weighted by atomic mass is 35.5. The van der Waals surface area contributed by atoms with Gasteiger partial charge in [-0.15, -0.1) is 12.4 Å². The van der Waals surface area contributed by atoms with Crippen LogP contribution in [0.3, 0.4) is 0 Å². The molecule has 0 radical (unpaired) electrons. The molecule has 7 nitrogen and oxygen atoms in total. The summed E-state index contributed by atoms with van der Waals surface area (Å²) in [5, 5.41) is 2.72. The van der Waals surface area contributed by atoms with Crippen molar-refractivity contribution in [1.82, 2.24) is 15.3 Å². The Morgan fingerprint density at radius 2 is 1.86 bits per heavy atom. The second-order valence-corrected chi connectivity index (χ2v) is 4.82. The average molecular weight is 325 g/mol. The molecule has 0 bridgehead atoms. The standard InChI is InChI=1S/C14H16N4O3.ClH/c1-8(6-9-2-4-10(15)5-3-9)16-13(20)11-7-12(19)18-14(21)17-11;/h2-5,7-8H,6,15H2,1H3,(H,16,20)(H2,17,18,19,21);1H. The average Bonchev–Trinajstić information content (AvgIpc) is 2.40. The number of carbonyl (C=O) groups is 1. The van der Waals surface area contributed by atoms with Crippen molar-refractivity contribution < 1.29 is 4.79 Å². The summed E-state index contributed by atoms with van der Waals surface area (Å²) >= 11 is 0. The van der Waals surface area contributed by atoms with Crippen LogP contribution < -0.4 is 22.3 Å². The Hall–Kier alpha value is -2.54. The molecule has 118 valence electrons. The third kappa shape index (κ3) is 4.78. The van der Waals surface area contributed by atoms with E-state index in [1.807, 2.05) is 24.0 Å². The highest BCUT2D eigenvalue weighted by Gasteiger charge is 2.12. The molecule has 8 heteroatoms. The van der Waals surface area contributed by atoms with E-state index in [4.69, 9.17) is 5.73 Å². The summed E-state index contributed by atoms with van der Waals surface area (Å²) in [6.07, 6.45) is 0.611. The number of aromatic amines is 2. The molecule has 22 heavy (non-hydrogen) atoms. The first-order valence-corrected chi connectivity index (χ1v) is 6.43. The Labute approximate surface area is 132 Å². The topological polar surface area (TPSA) is 121 Å². The number of nitrogen functional groups attached to an aromatic ring is 1. The Morgan fingerprint density at radius 3 is 2.45 bits per heavy atom. The van der Waals surface area contributed by atoms with E-state index >= 15 is 0 Å². The summed E-state index contributed by atoms with van der Waals surface area (Å²) in [5.41, 5.74) is 5.92. The third-order valence-electron chi connectivity index (χ3n) is 2.90. The molecule has 0 aliphatic heterocycles. The predicted octanol–water partition coefficient (Wildman–Crippen LogP) is 0.428. The van der Waals surface area contributed by atoms with Crippen LogP contribution in [0.25, 0.3) is 0 Å².